The normalized spacial score (nSPS) is 20.1. The Labute approximate surface area is 149 Å². The summed E-state index contributed by atoms with van der Waals surface area (Å²) in [6, 6.07) is 1.92. The molecule has 1 atom stereocenters. The summed E-state index contributed by atoms with van der Waals surface area (Å²) in [5.41, 5.74) is 2.20. The van der Waals surface area contributed by atoms with Gasteiger partial charge in [-0.15, -0.1) is 0 Å². The molecule has 0 bridgehead atoms. The van der Waals surface area contributed by atoms with Gasteiger partial charge in [-0.25, -0.2) is 9.97 Å². The van der Waals surface area contributed by atoms with Crippen molar-refractivity contribution in [1.29, 1.82) is 0 Å². The van der Waals surface area contributed by atoms with Gasteiger partial charge in [0, 0.05) is 44.6 Å². The van der Waals surface area contributed by atoms with Crippen molar-refractivity contribution < 1.29 is 9.53 Å². The fraction of sp³-hybridized carbons (Fsp3) is 0.632. The van der Waals surface area contributed by atoms with Crippen LogP contribution in [0.1, 0.15) is 31.9 Å². The van der Waals surface area contributed by atoms with Crippen molar-refractivity contribution in [3.05, 3.63) is 29.7 Å². The minimum atomic E-state index is -0.0370. The van der Waals surface area contributed by atoms with E-state index in [0.717, 1.165) is 57.1 Å². The zero-order valence-corrected chi connectivity index (χ0v) is 15.2. The molecule has 2 aliphatic heterocycles. The molecule has 6 heteroatoms. The predicted molar refractivity (Wildman–Crippen MR) is 97.2 cm³/mol. The summed E-state index contributed by atoms with van der Waals surface area (Å²) in [5.74, 6) is 1.37. The van der Waals surface area contributed by atoms with Crippen LogP contribution in [0.15, 0.2) is 24.0 Å². The first-order chi connectivity index (χ1) is 12.1. The van der Waals surface area contributed by atoms with Crippen LogP contribution in [0, 0.1) is 18.8 Å². The number of nitrogens with one attached hydrogen (secondary N) is 1. The first-order valence-corrected chi connectivity index (χ1v) is 9.18. The van der Waals surface area contributed by atoms with Crippen molar-refractivity contribution in [2.24, 2.45) is 11.8 Å². The summed E-state index contributed by atoms with van der Waals surface area (Å²) in [5, 5.41) is 3.36. The smallest absolute Gasteiger partial charge is 0.228 e. The number of carbonyl (C=O) groups is 1. The molecule has 6 nitrogen and oxygen atoms in total. The van der Waals surface area contributed by atoms with E-state index in [4.69, 9.17) is 4.74 Å². The molecule has 1 amide bonds. The minimum absolute atomic E-state index is 0.0370. The topological polar surface area (TPSA) is 67.4 Å². The van der Waals surface area contributed by atoms with Crippen molar-refractivity contribution in [2.75, 3.05) is 38.2 Å². The van der Waals surface area contributed by atoms with Gasteiger partial charge in [-0.2, -0.15) is 0 Å². The molecule has 1 saturated heterocycles. The minimum Gasteiger partial charge on any atom is -0.381 e. The largest absolute Gasteiger partial charge is 0.381 e. The second-order valence-electron chi connectivity index (χ2n) is 7.08. The van der Waals surface area contributed by atoms with E-state index in [2.05, 4.69) is 28.3 Å². The predicted octanol–water partition coefficient (Wildman–Crippen LogP) is 2.42. The van der Waals surface area contributed by atoms with Crippen molar-refractivity contribution in [3.8, 4) is 0 Å². The average Bonchev–Trinajstić information content (AvgIpc) is 2.63. The number of rotatable bonds is 5. The van der Waals surface area contributed by atoms with Crippen molar-refractivity contribution in [3.63, 3.8) is 0 Å². The summed E-state index contributed by atoms with van der Waals surface area (Å²) in [4.78, 5) is 23.6. The monoisotopic (exact) mass is 344 g/mol. The van der Waals surface area contributed by atoms with Crippen molar-refractivity contribution >= 4 is 11.7 Å². The van der Waals surface area contributed by atoms with Crippen molar-refractivity contribution in [2.45, 2.75) is 33.1 Å². The standard InChI is InChI=1S/C19H28N4O2/c1-14-4-3-7-23(12-14)19(24)17(16-5-8-25-9-6-16)11-20-18-10-15(2)21-13-22-18/h4,10,13,16-17H,3,5-9,11-12H2,1-2H3,(H,20,21,22). The maximum atomic E-state index is 13.2. The first-order valence-electron chi connectivity index (χ1n) is 9.18. The lowest BCUT2D eigenvalue weighted by Gasteiger charge is -2.35. The number of amides is 1. The third kappa shape index (κ3) is 4.78. The Morgan fingerprint density at radius 1 is 1.36 bits per heavy atom. The molecule has 1 N–H and O–H groups in total. The van der Waals surface area contributed by atoms with Gasteiger partial charge in [0.2, 0.25) is 5.91 Å². The van der Waals surface area contributed by atoms with Crippen molar-refractivity contribution in [1.82, 2.24) is 14.9 Å². The van der Waals surface area contributed by atoms with Gasteiger partial charge in [-0.1, -0.05) is 11.6 Å². The third-order valence-corrected chi connectivity index (χ3v) is 5.10. The average molecular weight is 344 g/mol. The fourth-order valence-electron chi connectivity index (χ4n) is 3.67. The second kappa shape index (κ2) is 8.43. The Hall–Kier alpha value is -1.95. The van der Waals surface area contributed by atoms with Crippen LogP contribution in [-0.4, -0.2) is 53.6 Å². The Kier molecular flexibility index (Phi) is 6.02. The Bertz CT molecular complexity index is 626. The van der Waals surface area contributed by atoms with E-state index in [0.29, 0.717) is 12.5 Å². The van der Waals surface area contributed by atoms with Crippen LogP contribution in [-0.2, 0) is 9.53 Å². The van der Waals surface area contributed by atoms with E-state index in [-0.39, 0.29) is 11.8 Å². The molecule has 0 radical (unpaired) electrons. The maximum Gasteiger partial charge on any atom is 0.228 e. The molecule has 1 aromatic rings. The van der Waals surface area contributed by atoms with Gasteiger partial charge in [0.25, 0.3) is 0 Å². The number of aromatic nitrogens is 2. The van der Waals surface area contributed by atoms with Crippen LogP contribution in [0.25, 0.3) is 0 Å². The fourth-order valence-corrected chi connectivity index (χ4v) is 3.67. The Morgan fingerprint density at radius 3 is 2.88 bits per heavy atom. The number of nitrogens with zero attached hydrogens (tertiary/aromatic N) is 3. The molecular weight excluding hydrogens is 316 g/mol. The molecule has 3 rings (SSSR count). The van der Waals surface area contributed by atoms with Gasteiger partial charge >= 0.3 is 0 Å². The lowest BCUT2D eigenvalue weighted by atomic mass is 9.84. The van der Waals surface area contributed by atoms with Crippen LogP contribution in [0.4, 0.5) is 5.82 Å². The lowest BCUT2D eigenvalue weighted by Crippen LogP contribution is -2.45. The molecule has 0 spiro atoms. The number of carbonyl (C=O) groups excluding carboxylic acids is 1. The summed E-state index contributed by atoms with van der Waals surface area (Å²) in [7, 11) is 0. The number of aryl methyl sites for hydroxylation is 1. The van der Waals surface area contributed by atoms with Gasteiger partial charge in [0.1, 0.15) is 12.1 Å². The van der Waals surface area contributed by atoms with Crippen LogP contribution in [0.3, 0.4) is 0 Å². The molecule has 1 aromatic heterocycles. The summed E-state index contributed by atoms with van der Waals surface area (Å²) >= 11 is 0. The molecule has 1 unspecified atom stereocenters. The van der Waals surface area contributed by atoms with Gasteiger partial charge in [0.05, 0.1) is 5.92 Å². The van der Waals surface area contributed by atoms with Crippen LogP contribution >= 0.6 is 0 Å². The van der Waals surface area contributed by atoms with Gasteiger partial charge in [0.15, 0.2) is 0 Å². The third-order valence-electron chi connectivity index (χ3n) is 5.10. The zero-order chi connectivity index (χ0) is 17.6. The van der Waals surface area contributed by atoms with Gasteiger partial charge < -0.3 is 15.0 Å². The highest BCUT2D eigenvalue weighted by Crippen LogP contribution is 2.27. The highest BCUT2D eigenvalue weighted by Gasteiger charge is 2.33. The van der Waals surface area contributed by atoms with E-state index >= 15 is 0 Å². The summed E-state index contributed by atoms with van der Waals surface area (Å²) in [6.07, 6.45) is 6.64. The van der Waals surface area contributed by atoms with Crippen LogP contribution in [0.5, 0.6) is 0 Å². The zero-order valence-electron chi connectivity index (χ0n) is 15.2. The number of ether oxygens (including phenoxy) is 1. The molecule has 25 heavy (non-hydrogen) atoms. The Morgan fingerprint density at radius 2 is 2.16 bits per heavy atom. The quantitative estimate of drug-likeness (QED) is 0.831. The van der Waals surface area contributed by atoms with E-state index in [9.17, 15) is 4.79 Å². The summed E-state index contributed by atoms with van der Waals surface area (Å²) in [6.45, 7) is 7.73. The second-order valence-corrected chi connectivity index (χ2v) is 7.08. The molecular formula is C19H28N4O2. The molecule has 0 aliphatic carbocycles. The molecule has 136 valence electrons. The molecule has 3 heterocycles. The number of hydrogen-bond acceptors (Lipinski definition) is 5. The molecule has 0 aromatic carbocycles. The van der Waals surface area contributed by atoms with Gasteiger partial charge in [-0.05, 0) is 39.0 Å². The van der Waals surface area contributed by atoms with E-state index in [1.807, 2.05) is 17.9 Å². The maximum absolute atomic E-state index is 13.2. The highest BCUT2D eigenvalue weighted by molar-refractivity contribution is 5.80. The number of hydrogen-bond donors (Lipinski definition) is 1. The van der Waals surface area contributed by atoms with E-state index in [1.165, 1.54) is 5.57 Å². The lowest BCUT2D eigenvalue weighted by molar-refractivity contribution is -0.137. The highest BCUT2D eigenvalue weighted by atomic mass is 16.5. The van der Waals surface area contributed by atoms with Crippen LogP contribution < -0.4 is 5.32 Å². The molecule has 1 fully saturated rings. The molecule has 0 saturated carbocycles. The van der Waals surface area contributed by atoms with E-state index in [1.54, 1.807) is 6.33 Å². The van der Waals surface area contributed by atoms with E-state index < -0.39 is 0 Å². The number of anilines is 1. The molecule has 2 aliphatic rings. The Balaban J connectivity index is 1.70. The first kappa shape index (κ1) is 17.9. The van der Waals surface area contributed by atoms with Crippen LogP contribution in [0.2, 0.25) is 0 Å². The SMILES string of the molecule is CC1=CCCN(C(=O)C(CNc2cc(C)ncn2)C2CCOCC2)C1. The van der Waals surface area contributed by atoms with Gasteiger partial charge in [-0.3, -0.25) is 4.79 Å². The summed E-state index contributed by atoms with van der Waals surface area (Å²) < 4.78 is 5.50.